The van der Waals surface area contributed by atoms with Crippen molar-refractivity contribution in [3.63, 3.8) is 0 Å². The van der Waals surface area contributed by atoms with Gasteiger partial charge in [0.2, 0.25) is 0 Å². The zero-order chi connectivity index (χ0) is 12.5. The first-order chi connectivity index (χ1) is 8.04. The van der Waals surface area contributed by atoms with Crippen molar-refractivity contribution in [1.82, 2.24) is 5.01 Å². The van der Waals surface area contributed by atoms with Crippen molar-refractivity contribution in [1.29, 1.82) is 5.26 Å². The molecule has 1 atom stereocenters. The van der Waals surface area contributed by atoms with Crippen LogP contribution in [0.2, 0.25) is 0 Å². The largest absolute Gasteiger partial charge is 0.270 e. The molecular formula is C14H17N3. The Bertz CT molecular complexity index is 468. The van der Waals surface area contributed by atoms with Gasteiger partial charge in [0.1, 0.15) is 5.54 Å². The van der Waals surface area contributed by atoms with Crippen molar-refractivity contribution in [3.8, 4) is 6.07 Å². The molecule has 1 aliphatic rings. The molecule has 0 N–H and O–H groups in total. The van der Waals surface area contributed by atoms with Crippen LogP contribution in [0.1, 0.15) is 38.8 Å². The summed E-state index contributed by atoms with van der Waals surface area (Å²) in [7, 11) is 0. The molecule has 17 heavy (non-hydrogen) atoms. The molecule has 0 saturated carbocycles. The number of nitrogens with zero attached hydrogens (tertiary/aromatic N) is 3. The number of hydrazone groups is 1. The van der Waals surface area contributed by atoms with Crippen LogP contribution in [0.15, 0.2) is 35.4 Å². The lowest BCUT2D eigenvalue weighted by Crippen LogP contribution is -2.39. The molecule has 1 aliphatic heterocycles. The number of rotatable bonds is 2. The normalized spacial score (nSPS) is 20.0. The maximum atomic E-state index is 9.24. The molecule has 0 aliphatic carbocycles. The fraction of sp³-hybridized carbons (Fsp3) is 0.429. The molecule has 0 unspecified atom stereocenters. The summed E-state index contributed by atoms with van der Waals surface area (Å²) in [6, 6.07) is 12.8. The second-order valence-corrected chi connectivity index (χ2v) is 4.98. The molecule has 88 valence electrons. The fourth-order valence-corrected chi connectivity index (χ4v) is 2.16. The van der Waals surface area contributed by atoms with Gasteiger partial charge in [-0.2, -0.15) is 10.4 Å². The van der Waals surface area contributed by atoms with Gasteiger partial charge in [-0.15, -0.1) is 0 Å². The minimum Gasteiger partial charge on any atom is -0.270 e. The molecule has 0 aromatic heterocycles. The van der Waals surface area contributed by atoms with E-state index >= 15 is 0 Å². The van der Waals surface area contributed by atoms with E-state index in [4.69, 9.17) is 0 Å². The zero-order valence-corrected chi connectivity index (χ0v) is 10.5. The summed E-state index contributed by atoms with van der Waals surface area (Å²) < 4.78 is 0. The molecule has 0 bridgehead atoms. The van der Waals surface area contributed by atoms with E-state index in [2.05, 4.69) is 23.3 Å². The highest BCUT2D eigenvalue weighted by Crippen LogP contribution is 2.35. The first-order valence-corrected chi connectivity index (χ1v) is 5.84. The number of benzene rings is 1. The van der Waals surface area contributed by atoms with Gasteiger partial charge < -0.3 is 0 Å². The fourth-order valence-electron chi connectivity index (χ4n) is 2.16. The molecule has 1 aromatic carbocycles. The van der Waals surface area contributed by atoms with E-state index in [0.717, 1.165) is 12.1 Å². The van der Waals surface area contributed by atoms with E-state index in [0.29, 0.717) is 0 Å². The van der Waals surface area contributed by atoms with E-state index in [-0.39, 0.29) is 6.04 Å². The third-order valence-corrected chi connectivity index (χ3v) is 3.09. The Hall–Kier alpha value is -1.82. The smallest absolute Gasteiger partial charge is 0.139 e. The van der Waals surface area contributed by atoms with Gasteiger partial charge in [0, 0.05) is 12.1 Å². The maximum Gasteiger partial charge on any atom is 0.139 e. The highest BCUT2D eigenvalue weighted by Gasteiger charge is 2.36. The second-order valence-electron chi connectivity index (χ2n) is 4.98. The molecule has 0 fully saturated rings. The summed E-state index contributed by atoms with van der Waals surface area (Å²) in [5.74, 6) is 0. The Morgan fingerprint density at radius 1 is 1.35 bits per heavy atom. The summed E-state index contributed by atoms with van der Waals surface area (Å²) in [5.41, 5.74) is 1.73. The lowest BCUT2D eigenvalue weighted by molar-refractivity contribution is 0.133. The topological polar surface area (TPSA) is 39.4 Å². The number of nitriles is 1. The van der Waals surface area contributed by atoms with E-state index in [1.807, 2.05) is 44.0 Å². The monoisotopic (exact) mass is 227 g/mol. The van der Waals surface area contributed by atoms with E-state index < -0.39 is 5.54 Å². The van der Waals surface area contributed by atoms with Crippen LogP contribution >= 0.6 is 0 Å². The molecule has 0 radical (unpaired) electrons. The van der Waals surface area contributed by atoms with Crippen molar-refractivity contribution in [2.75, 3.05) is 0 Å². The molecule has 0 amide bonds. The molecule has 0 saturated heterocycles. The number of hydrogen-bond donors (Lipinski definition) is 0. The summed E-state index contributed by atoms with van der Waals surface area (Å²) in [6.45, 7) is 5.83. The van der Waals surface area contributed by atoms with Crippen LogP contribution in [-0.4, -0.2) is 16.3 Å². The Morgan fingerprint density at radius 3 is 2.59 bits per heavy atom. The van der Waals surface area contributed by atoms with Gasteiger partial charge in [-0.3, -0.25) is 5.01 Å². The van der Waals surface area contributed by atoms with E-state index in [1.165, 1.54) is 5.56 Å². The van der Waals surface area contributed by atoms with Gasteiger partial charge in [-0.25, -0.2) is 0 Å². The Labute approximate surface area is 102 Å². The van der Waals surface area contributed by atoms with Gasteiger partial charge in [0.05, 0.1) is 12.1 Å². The summed E-state index contributed by atoms with van der Waals surface area (Å²) in [5, 5.41) is 15.7. The number of hydrogen-bond acceptors (Lipinski definition) is 3. The first-order valence-electron chi connectivity index (χ1n) is 5.84. The predicted molar refractivity (Wildman–Crippen MR) is 68.4 cm³/mol. The average Bonchev–Trinajstić information content (AvgIpc) is 2.73. The van der Waals surface area contributed by atoms with Gasteiger partial charge in [-0.05, 0) is 26.3 Å². The quantitative estimate of drug-likeness (QED) is 0.778. The summed E-state index contributed by atoms with van der Waals surface area (Å²) in [6.07, 6.45) is 0.898. The van der Waals surface area contributed by atoms with Crippen molar-refractivity contribution in [3.05, 3.63) is 35.9 Å². The van der Waals surface area contributed by atoms with Crippen molar-refractivity contribution >= 4 is 5.71 Å². The van der Waals surface area contributed by atoms with Crippen molar-refractivity contribution in [2.24, 2.45) is 5.10 Å². The SMILES string of the molecule is CC1=NN(C(C)(C)C#N)[C@H](c2ccccc2)C1. The van der Waals surface area contributed by atoms with Gasteiger partial charge in [-0.1, -0.05) is 30.3 Å². The van der Waals surface area contributed by atoms with Crippen LogP contribution < -0.4 is 0 Å². The first kappa shape index (κ1) is 11.7. The molecule has 2 rings (SSSR count). The van der Waals surface area contributed by atoms with Gasteiger partial charge in [0.25, 0.3) is 0 Å². The van der Waals surface area contributed by atoms with Crippen LogP contribution in [-0.2, 0) is 0 Å². The Balaban J connectivity index is 2.34. The lowest BCUT2D eigenvalue weighted by Gasteiger charge is -2.33. The van der Waals surface area contributed by atoms with Crippen LogP contribution in [0.5, 0.6) is 0 Å². The van der Waals surface area contributed by atoms with Gasteiger partial charge in [0.15, 0.2) is 0 Å². The minimum atomic E-state index is -0.571. The van der Waals surface area contributed by atoms with Crippen LogP contribution in [0.25, 0.3) is 0 Å². The predicted octanol–water partition coefficient (Wildman–Crippen LogP) is 3.11. The minimum absolute atomic E-state index is 0.186. The summed E-state index contributed by atoms with van der Waals surface area (Å²) >= 11 is 0. The molecule has 1 aromatic rings. The third kappa shape index (κ3) is 2.16. The Kier molecular flexibility index (Phi) is 2.89. The van der Waals surface area contributed by atoms with Crippen LogP contribution in [0.4, 0.5) is 0 Å². The highest BCUT2D eigenvalue weighted by molar-refractivity contribution is 5.84. The standard InChI is InChI=1S/C14H17N3/c1-11-9-13(12-7-5-4-6-8-12)17(16-11)14(2,3)10-15/h4-8,13H,9H2,1-3H3/t13-/m0/s1. The lowest BCUT2D eigenvalue weighted by atomic mass is 9.98. The molecule has 3 heteroatoms. The Morgan fingerprint density at radius 2 is 2.00 bits per heavy atom. The van der Waals surface area contributed by atoms with Gasteiger partial charge >= 0.3 is 0 Å². The van der Waals surface area contributed by atoms with Crippen molar-refractivity contribution in [2.45, 2.75) is 38.8 Å². The van der Waals surface area contributed by atoms with E-state index in [1.54, 1.807) is 0 Å². The van der Waals surface area contributed by atoms with Crippen LogP contribution in [0, 0.1) is 11.3 Å². The second kappa shape index (κ2) is 4.21. The molecule has 1 heterocycles. The summed E-state index contributed by atoms with van der Waals surface area (Å²) in [4.78, 5) is 0. The third-order valence-electron chi connectivity index (χ3n) is 3.09. The van der Waals surface area contributed by atoms with Crippen LogP contribution in [0.3, 0.4) is 0 Å². The molecular weight excluding hydrogens is 210 g/mol. The van der Waals surface area contributed by atoms with E-state index in [9.17, 15) is 5.26 Å². The maximum absolute atomic E-state index is 9.24. The highest BCUT2D eigenvalue weighted by atomic mass is 15.5. The molecule has 3 nitrogen and oxygen atoms in total. The van der Waals surface area contributed by atoms with Crippen molar-refractivity contribution < 1.29 is 0 Å². The average molecular weight is 227 g/mol. The zero-order valence-electron chi connectivity index (χ0n) is 10.5. The molecule has 0 spiro atoms.